The van der Waals surface area contributed by atoms with E-state index in [1.807, 2.05) is 0 Å². The summed E-state index contributed by atoms with van der Waals surface area (Å²) < 4.78 is 25.8. The molecule has 2 rings (SSSR count). The second-order valence-electron chi connectivity index (χ2n) is 9.85. The molecule has 1 aromatic heterocycles. The molecule has 5 N–H and O–H groups in total. The number of nitrogens with one attached hydrogen (secondary N) is 2. The Morgan fingerprint density at radius 1 is 1.22 bits per heavy atom. The molecule has 1 aliphatic rings. The summed E-state index contributed by atoms with van der Waals surface area (Å²) in [5, 5.41) is 33.8. The van der Waals surface area contributed by atoms with Crippen molar-refractivity contribution in [1.82, 2.24) is 14.9 Å². The van der Waals surface area contributed by atoms with Gasteiger partial charge in [-0.3, -0.25) is 9.36 Å². The summed E-state index contributed by atoms with van der Waals surface area (Å²) in [6.07, 6.45) is -3.88. The second-order valence-corrected chi connectivity index (χ2v) is 9.85. The monoisotopic (exact) mass is 530 g/mol. The Morgan fingerprint density at radius 2 is 1.89 bits per heavy atom. The molecule has 37 heavy (non-hydrogen) atoms. The van der Waals surface area contributed by atoms with E-state index in [9.17, 15) is 38.9 Å². The van der Waals surface area contributed by atoms with E-state index in [0.717, 1.165) is 0 Å². The van der Waals surface area contributed by atoms with Crippen LogP contribution in [-0.2, 0) is 19.1 Å². The van der Waals surface area contributed by atoms with Crippen molar-refractivity contribution in [3.63, 3.8) is 0 Å². The van der Waals surface area contributed by atoms with Crippen molar-refractivity contribution in [3.8, 4) is 0 Å². The predicted molar refractivity (Wildman–Crippen MR) is 127 cm³/mol. The average Bonchev–Trinajstić information content (AvgIpc) is 3.07. The Kier molecular flexibility index (Phi) is 10.7. The molecule has 1 saturated heterocycles. The Balaban J connectivity index is 2.16. The third-order valence-corrected chi connectivity index (χ3v) is 5.47. The lowest BCUT2D eigenvalue weighted by atomic mass is 10.1. The van der Waals surface area contributed by atoms with Crippen molar-refractivity contribution in [3.05, 3.63) is 22.5 Å². The molecule has 2 amide bonds. The molecule has 0 aromatic carbocycles. The number of carbonyl (C=O) groups is 3. The molecule has 1 fully saturated rings. The fourth-order valence-electron chi connectivity index (χ4n) is 3.65. The van der Waals surface area contributed by atoms with Crippen LogP contribution in [0.15, 0.2) is 11.0 Å². The van der Waals surface area contributed by atoms with Gasteiger partial charge in [0.1, 0.15) is 35.7 Å². The lowest BCUT2D eigenvalue weighted by molar-refractivity contribution is -0.119. The summed E-state index contributed by atoms with van der Waals surface area (Å²) in [6.45, 7) is 5.76. The zero-order valence-corrected chi connectivity index (χ0v) is 21.3. The molecule has 13 nitrogen and oxygen atoms in total. The van der Waals surface area contributed by atoms with Crippen LogP contribution in [0.25, 0.3) is 0 Å². The molecule has 0 saturated carbocycles. The molecular weight excluding hydrogens is 495 g/mol. The van der Waals surface area contributed by atoms with Crippen LogP contribution < -0.4 is 16.3 Å². The molecule has 0 aliphatic carbocycles. The van der Waals surface area contributed by atoms with Gasteiger partial charge in [0.05, 0.1) is 12.8 Å². The molecule has 1 aromatic rings. The summed E-state index contributed by atoms with van der Waals surface area (Å²) in [5.74, 6) is -2.68. The minimum atomic E-state index is -1.64. The Morgan fingerprint density at radius 3 is 2.46 bits per heavy atom. The number of alkyl carbamates (subject to hydrolysis) is 1. The highest BCUT2D eigenvalue weighted by atomic mass is 19.1. The quantitative estimate of drug-likeness (QED) is 0.250. The van der Waals surface area contributed by atoms with Crippen LogP contribution in [0.2, 0.25) is 0 Å². The van der Waals surface area contributed by atoms with Crippen molar-refractivity contribution >= 4 is 23.6 Å². The van der Waals surface area contributed by atoms with Gasteiger partial charge < -0.3 is 40.2 Å². The third-order valence-electron chi connectivity index (χ3n) is 5.47. The maximum absolute atomic E-state index is 14.8. The number of Topliss-reactive ketones (excluding diaryl/α,β-unsaturated/α-hetero) is 1. The molecule has 0 bridgehead atoms. The van der Waals surface area contributed by atoms with E-state index >= 15 is 0 Å². The van der Waals surface area contributed by atoms with E-state index in [2.05, 4.69) is 15.6 Å². The van der Waals surface area contributed by atoms with Crippen molar-refractivity contribution in [2.75, 3.05) is 11.9 Å². The highest BCUT2D eigenvalue weighted by Crippen LogP contribution is 2.28. The van der Waals surface area contributed by atoms with E-state index in [1.165, 1.54) is 6.92 Å². The second kappa shape index (κ2) is 13.0. The van der Waals surface area contributed by atoms with Crippen LogP contribution in [0, 0.1) is 5.82 Å². The lowest BCUT2D eigenvalue weighted by Crippen LogP contribution is -2.46. The summed E-state index contributed by atoms with van der Waals surface area (Å²) in [7, 11) is 0. The van der Waals surface area contributed by atoms with Crippen LogP contribution in [-0.4, -0.2) is 79.2 Å². The third kappa shape index (κ3) is 8.84. The largest absolute Gasteiger partial charge is 0.444 e. The van der Waals surface area contributed by atoms with E-state index in [1.54, 1.807) is 20.8 Å². The topological polar surface area (TPSA) is 189 Å². The first-order valence-corrected chi connectivity index (χ1v) is 11.9. The van der Waals surface area contributed by atoms with Crippen molar-refractivity contribution < 1.29 is 43.6 Å². The highest BCUT2D eigenvalue weighted by Gasteiger charge is 2.44. The number of aromatic nitrogens is 2. The van der Waals surface area contributed by atoms with Gasteiger partial charge in [0, 0.05) is 6.42 Å². The van der Waals surface area contributed by atoms with Gasteiger partial charge in [-0.15, -0.1) is 0 Å². The summed E-state index contributed by atoms with van der Waals surface area (Å²) >= 11 is 0. The number of nitrogens with zero attached hydrogens (tertiary/aromatic N) is 2. The molecule has 0 spiro atoms. The van der Waals surface area contributed by atoms with Crippen LogP contribution in [0.5, 0.6) is 0 Å². The van der Waals surface area contributed by atoms with Gasteiger partial charge in [0.2, 0.25) is 5.91 Å². The molecule has 1 unspecified atom stereocenters. The number of hydrogen-bond donors (Lipinski definition) is 5. The number of rotatable bonds is 11. The van der Waals surface area contributed by atoms with Crippen LogP contribution in [0.3, 0.4) is 0 Å². The number of ketones is 1. The molecular formula is C23H35FN4O9. The maximum Gasteiger partial charge on any atom is 0.408 e. The number of anilines is 1. The molecule has 5 atom stereocenters. The number of ether oxygens (including phenoxy) is 2. The zero-order valence-electron chi connectivity index (χ0n) is 21.3. The number of aliphatic hydroxyl groups excluding tert-OH is 3. The Bertz CT molecular complexity index is 1030. The van der Waals surface area contributed by atoms with Gasteiger partial charge in [0.25, 0.3) is 0 Å². The summed E-state index contributed by atoms with van der Waals surface area (Å²) in [6, 6.07) is -1.16. The number of carbonyl (C=O) groups excluding carboxylic acids is 3. The molecule has 14 heteroatoms. The predicted octanol–water partition coefficient (Wildman–Crippen LogP) is 0.365. The summed E-state index contributed by atoms with van der Waals surface area (Å²) in [4.78, 5) is 52.2. The SMILES string of the molecule is CC(=O)CCCCC[C@H](NC(=O)OC(C)(C)C)C(=O)Nc1nc(=O)n([C@@H]2O[C@H](CO)C(O)[C@@H]2O)cc1F. The Hall–Kier alpha value is -2.94. The summed E-state index contributed by atoms with van der Waals surface area (Å²) in [5.41, 5.74) is -1.94. The van der Waals surface area contributed by atoms with Crippen molar-refractivity contribution in [2.45, 2.75) is 96.0 Å². The van der Waals surface area contributed by atoms with Crippen LogP contribution >= 0.6 is 0 Å². The molecule has 0 radical (unpaired) electrons. The van der Waals surface area contributed by atoms with Crippen molar-refractivity contribution in [1.29, 1.82) is 0 Å². The van der Waals surface area contributed by atoms with E-state index < -0.39 is 72.1 Å². The van der Waals surface area contributed by atoms with Crippen LogP contribution in [0.1, 0.15) is 66.0 Å². The lowest BCUT2D eigenvalue weighted by Gasteiger charge is -2.23. The first-order valence-electron chi connectivity index (χ1n) is 11.9. The smallest absolute Gasteiger partial charge is 0.408 e. The zero-order chi connectivity index (χ0) is 27.9. The van der Waals surface area contributed by atoms with E-state index in [-0.39, 0.29) is 12.2 Å². The van der Waals surface area contributed by atoms with Crippen LogP contribution in [0.4, 0.5) is 15.0 Å². The fourth-order valence-corrected chi connectivity index (χ4v) is 3.65. The first-order chi connectivity index (χ1) is 17.2. The number of hydrogen-bond acceptors (Lipinski definition) is 10. The fraction of sp³-hybridized carbons (Fsp3) is 0.696. The maximum atomic E-state index is 14.8. The van der Waals surface area contributed by atoms with Gasteiger partial charge in [-0.2, -0.15) is 4.98 Å². The highest BCUT2D eigenvalue weighted by molar-refractivity contribution is 5.95. The van der Waals surface area contributed by atoms with Gasteiger partial charge in [-0.05, 0) is 40.5 Å². The Labute approximate surface area is 213 Å². The number of aliphatic hydroxyl groups is 3. The minimum Gasteiger partial charge on any atom is -0.444 e. The van der Waals surface area contributed by atoms with Gasteiger partial charge in [-0.25, -0.2) is 14.0 Å². The number of amides is 2. The normalized spacial score (nSPS) is 22.4. The standard InChI is InChI=1S/C23H35FN4O9/c1-12(30)8-6-5-7-9-14(25-22(35)37-23(2,3)4)19(33)26-18-13(24)10-28(21(34)27-18)20-17(32)16(31)15(11-29)36-20/h10,14-17,20,29,31-32H,5-9,11H2,1-4H3,(H,25,35)(H,26,27,33,34)/t14-,15+,16?,17-,20+/m0/s1. The molecule has 1 aliphatic heterocycles. The van der Waals surface area contributed by atoms with Gasteiger partial charge in [-0.1, -0.05) is 12.8 Å². The van der Waals surface area contributed by atoms with Crippen molar-refractivity contribution in [2.24, 2.45) is 0 Å². The first kappa shape index (κ1) is 30.3. The van der Waals surface area contributed by atoms with Gasteiger partial charge >= 0.3 is 11.8 Å². The van der Waals surface area contributed by atoms with Gasteiger partial charge in [0.15, 0.2) is 17.9 Å². The average molecular weight is 531 g/mol. The van der Waals surface area contributed by atoms with E-state index in [0.29, 0.717) is 36.4 Å². The number of unbranched alkanes of at least 4 members (excludes halogenated alkanes) is 2. The molecule has 208 valence electrons. The molecule has 2 heterocycles. The van der Waals surface area contributed by atoms with E-state index in [4.69, 9.17) is 9.47 Å². The number of halogens is 1. The minimum absolute atomic E-state index is 0.0365.